The molecule has 0 radical (unpaired) electrons. The monoisotopic (exact) mass is 248 g/mol. The van der Waals surface area contributed by atoms with Crippen molar-refractivity contribution in [2.75, 3.05) is 11.4 Å². The fourth-order valence-corrected chi connectivity index (χ4v) is 3.07. The summed E-state index contributed by atoms with van der Waals surface area (Å²) in [6, 6.07) is 2.66. The second-order valence-electron chi connectivity index (χ2n) is 5.27. The molecular weight excluding hydrogens is 224 g/mol. The van der Waals surface area contributed by atoms with Gasteiger partial charge in [0.2, 0.25) is 0 Å². The maximum absolute atomic E-state index is 9.61. The van der Waals surface area contributed by atoms with Gasteiger partial charge in [-0.05, 0) is 45.2 Å². The van der Waals surface area contributed by atoms with Gasteiger partial charge in [-0.1, -0.05) is 12.8 Å². The molecule has 1 saturated carbocycles. The van der Waals surface area contributed by atoms with Crippen LogP contribution in [-0.4, -0.2) is 22.7 Å². The largest absolute Gasteiger partial charge is 0.392 e. The van der Waals surface area contributed by atoms with Crippen LogP contribution in [0.4, 0.5) is 5.82 Å². The highest BCUT2D eigenvalue weighted by Gasteiger charge is 2.24. The Morgan fingerprint density at radius 3 is 2.56 bits per heavy atom. The van der Waals surface area contributed by atoms with Gasteiger partial charge in [0.15, 0.2) is 0 Å². The Balaban J connectivity index is 2.39. The number of hydrogen-bond donors (Lipinski definition) is 1. The molecule has 1 fully saturated rings. The topological polar surface area (TPSA) is 36.4 Å². The van der Waals surface area contributed by atoms with Gasteiger partial charge < -0.3 is 10.0 Å². The molecule has 1 aromatic rings. The third-order valence-corrected chi connectivity index (χ3v) is 3.99. The summed E-state index contributed by atoms with van der Waals surface area (Å²) in [7, 11) is 0. The number of anilines is 1. The SMILES string of the molecule is CCN(c1nc(C)cc(C)c1CO)C1CCCC1. The maximum Gasteiger partial charge on any atom is 0.134 e. The van der Waals surface area contributed by atoms with Gasteiger partial charge in [-0.2, -0.15) is 0 Å². The molecule has 1 aliphatic rings. The van der Waals surface area contributed by atoms with Crippen molar-refractivity contribution in [3.05, 3.63) is 22.9 Å². The Morgan fingerprint density at radius 1 is 1.33 bits per heavy atom. The summed E-state index contributed by atoms with van der Waals surface area (Å²) < 4.78 is 0. The number of nitrogens with zero attached hydrogens (tertiary/aromatic N) is 2. The third-order valence-electron chi connectivity index (χ3n) is 3.99. The van der Waals surface area contributed by atoms with E-state index in [9.17, 15) is 5.11 Å². The first-order valence-corrected chi connectivity index (χ1v) is 7.02. The van der Waals surface area contributed by atoms with Gasteiger partial charge in [-0.3, -0.25) is 0 Å². The molecular formula is C15H24N2O. The van der Waals surface area contributed by atoms with Crippen LogP contribution in [0.15, 0.2) is 6.07 Å². The average molecular weight is 248 g/mol. The molecule has 0 bridgehead atoms. The Morgan fingerprint density at radius 2 is 2.00 bits per heavy atom. The minimum Gasteiger partial charge on any atom is -0.392 e. The zero-order valence-electron chi connectivity index (χ0n) is 11.7. The van der Waals surface area contributed by atoms with Crippen LogP contribution in [0.3, 0.4) is 0 Å². The van der Waals surface area contributed by atoms with E-state index in [-0.39, 0.29) is 6.61 Å². The first-order chi connectivity index (χ1) is 8.67. The number of aryl methyl sites for hydroxylation is 2. The lowest BCUT2D eigenvalue weighted by atomic mass is 10.1. The summed E-state index contributed by atoms with van der Waals surface area (Å²) in [4.78, 5) is 7.07. The van der Waals surface area contributed by atoms with E-state index < -0.39 is 0 Å². The second-order valence-corrected chi connectivity index (χ2v) is 5.27. The van der Waals surface area contributed by atoms with E-state index in [2.05, 4.69) is 29.8 Å². The average Bonchev–Trinajstić information content (AvgIpc) is 2.83. The van der Waals surface area contributed by atoms with Gasteiger partial charge in [0.05, 0.1) is 6.61 Å². The number of rotatable bonds is 4. The van der Waals surface area contributed by atoms with Crippen molar-refractivity contribution < 1.29 is 5.11 Å². The third kappa shape index (κ3) is 2.51. The molecule has 3 nitrogen and oxygen atoms in total. The Hall–Kier alpha value is -1.09. The predicted octanol–water partition coefficient (Wildman–Crippen LogP) is 2.96. The molecule has 3 heteroatoms. The zero-order valence-corrected chi connectivity index (χ0v) is 11.7. The molecule has 1 N–H and O–H groups in total. The van der Waals surface area contributed by atoms with E-state index in [0.717, 1.165) is 29.2 Å². The molecule has 0 saturated heterocycles. The van der Waals surface area contributed by atoms with E-state index >= 15 is 0 Å². The highest BCUT2D eigenvalue weighted by atomic mass is 16.3. The smallest absolute Gasteiger partial charge is 0.134 e. The first kappa shape index (κ1) is 13.3. The summed E-state index contributed by atoms with van der Waals surface area (Å²) in [6.07, 6.45) is 5.15. The lowest BCUT2D eigenvalue weighted by Crippen LogP contribution is -2.34. The predicted molar refractivity (Wildman–Crippen MR) is 74.9 cm³/mol. The summed E-state index contributed by atoms with van der Waals surface area (Å²) in [6.45, 7) is 7.32. The maximum atomic E-state index is 9.61. The van der Waals surface area contributed by atoms with E-state index in [4.69, 9.17) is 0 Å². The normalized spacial score (nSPS) is 16.2. The van der Waals surface area contributed by atoms with Crippen LogP contribution in [0.2, 0.25) is 0 Å². The molecule has 0 atom stereocenters. The van der Waals surface area contributed by atoms with Crippen molar-refractivity contribution in [3.8, 4) is 0 Å². The van der Waals surface area contributed by atoms with Gasteiger partial charge in [0.1, 0.15) is 5.82 Å². The van der Waals surface area contributed by atoms with E-state index in [1.807, 2.05) is 6.92 Å². The van der Waals surface area contributed by atoms with Crippen LogP contribution in [0.1, 0.15) is 49.4 Å². The number of aliphatic hydroxyl groups is 1. The zero-order chi connectivity index (χ0) is 13.1. The fourth-order valence-electron chi connectivity index (χ4n) is 3.07. The van der Waals surface area contributed by atoms with Crippen LogP contribution in [-0.2, 0) is 6.61 Å². The molecule has 0 aliphatic heterocycles. The van der Waals surface area contributed by atoms with Gasteiger partial charge in [-0.25, -0.2) is 4.98 Å². The molecule has 100 valence electrons. The molecule has 0 amide bonds. The molecule has 2 rings (SSSR count). The minimum atomic E-state index is 0.0810. The Labute approximate surface area is 110 Å². The Bertz CT molecular complexity index is 411. The molecule has 0 aromatic carbocycles. The van der Waals surface area contributed by atoms with Gasteiger partial charge in [0, 0.05) is 23.8 Å². The second kappa shape index (κ2) is 5.70. The molecule has 1 aliphatic carbocycles. The van der Waals surface area contributed by atoms with Crippen LogP contribution >= 0.6 is 0 Å². The van der Waals surface area contributed by atoms with Crippen LogP contribution in [0.5, 0.6) is 0 Å². The van der Waals surface area contributed by atoms with Gasteiger partial charge in [0.25, 0.3) is 0 Å². The van der Waals surface area contributed by atoms with Crippen molar-refractivity contribution in [3.63, 3.8) is 0 Å². The number of aromatic nitrogens is 1. The molecule has 1 heterocycles. The summed E-state index contributed by atoms with van der Waals surface area (Å²) in [5.41, 5.74) is 3.18. The van der Waals surface area contributed by atoms with Crippen molar-refractivity contribution in [2.45, 2.75) is 59.1 Å². The van der Waals surface area contributed by atoms with E-state index in [0.29, 0.717) is 6.04 Å². The highest BCUT2D eigenvalue weighted by Crippen LogP contribution is 2.30. The summed E-state index contributed by atoms with van der Waals surface area (Å²) >= 11 is 0. The van der Waals surface area contributed by atoms with E-state index in [1.165, 1.54) is 25.7 Å². The quantitative estimate of drug-likeness (QED) is 0.890. The molecule has 18 heavy (non-hydrogen) atoms. The van der Waals surface area contributed by atoms with Crippen LogP contribution in [0.25, 0.3) is 0 Å². The van der Waals surface area contributed by atoms with Crippen LogP contribution < -0.4 is 4.90 Å². The standard InChI is InChI=1S/C15H24N2O/c1-4-17(13-7-5-6-8-13)15-14(10-18)11(2)9-12(3)16-15/h9,13,18H,4-8,10H2,1-3H3. The molecule has 1 aromatic heterocycles. The lowest BCUT2D eigenvalue weighted by molar-refractivity contribution is 0.280. The first-order valence-electron chi connectivity index (χ1n) is 7.02. The molecule has 0 spiro atoms. The number of aliphatic hydroxyl groups excluding tert-OH is 1. The minimum absolute atomic E-state index is 0.0810. The fraction of sp³-hybridized carbons (Fsp3) is 0.667. The Kier molecular flexibility index (Phi) is 4.23. The van der Waals surface area contributed by atoms with E-state index in [1.54, 1.807) is 0 Å². The number of hydrogen-bond acceptors (Lipinski definition) is 3. The van der Waals surface area contributed by atoms with Gasteiger partial charge in [-0.15, -0.1) is 0 Å². The van der Waals surface area contributed by atoms with Crippen molar-refractivity contribution in [1.29, 1.82) is 0 Å². The van der Waals surface area contributed by atoms with Crippen molar-refractivity contribution >= 4 is 5.82 Å². The summed E-state index contributed by atoms with van der Waals surface area (Å²) in [5, 5.41) is 9.61. The molecule has 0 unspecified atom stereocenters. The highest BCUT2D eigenvalue weighted by molar-refractivity contribution is 5.52. The number of pyridine rings is 1. The van der Waals surface area contributed by atoms with Crippen molar-refractivity contribution in [2.24, 2.45) is 0 Å². The lowest BCUT2D eigenvalue weighted by Gasteiger charge is -2.31. The summed E-state index contributed by atoms with van der Waals surface area (Å²) in [5.74, 6) is 1.00. The van der Waals surface area contributed by atoms with Crippen molar-refractivity contribution in [1.82, 2.24) is 4.98 Å². The van der Waals surface area contributed by atoms with Gasteiger partial charge >= 0.3 is 0 Å². The van der Waals surface area contributed by atoms with Crippen LogP contribution in [0, 0.1) is 13.8 Å².